The van der Waals surface area contributed by atoms with Crippen molar-refractivity contribution in [2.45, 2.75) is 69.9 Å². The van der Waals surface area contributed by atoms with Crippen LogP contribution in [0.2, 0.25) is 0 Å². The molecule has 0 bridgehead atoms. The van der Waals surface area contributed by atoms with Gasteiger partial charge in [-0.3, -0.25) is 24.7 Å². The molecule has 0 radical (unpaired) electrons. The van der Waals surface area contributed by atoms with E-state index in [0.717, 1.165) is 29.7 Å². The molecular formula is C24H31N5O5. The number of carbonyl (C=O) groups is 5. The van der Waals surface area contributed by atoms with E-state index < -0.39 is 47.4 Å². The van der Waals surface area contributed by atoms with E-state index in [1.165, 1.54) is 0 Å². The fourth-order valence-corrected chi connectivity index (χ4v) is 5.04. The van der Waals surface area contributed by atoms with Gasteiger partial charge >= 0.3 is 12.1 Å². The highest BCUT2D eigenvalue weighted by Gasteiger charge is 2.53. The average molecular weight is 470 g/mol. The lowest BCUT2D eigenvalue weighted by Crippen LogP contribution is -2.53. The van der Waals surface area contributed by atoms with E-state index in [9.17, 15) is 24.0 Å². The molecule has 1 spiro atoms. The van der Waals surface area contributed by atoms with Crippen LogP contribution >= 0.6 is 0 Å². The maximum Gasteiger partial charge on any atom is 0.344 e. The van der Waals surface area contributed by atoms with Crippen molar-refractivity contribution in [3.63, 3.8) is 0 Å². The van der Waals surface area contributed by atoms with E-state index in [1.54, 1.807) is 6.92 Å². The summed E-state index contributed by atoms with van der Waals surface area (Å²) in [6, 6.07) is 8.19. The summed E-state index contributed by atoms with van der Waals surface area (Å²) in [6.45, 7) is 3.15. The monoisotopic (exact) mass is 469 g/mol. The van der Waals surface area contributed by atoms with Crippen LogP contribution in [0, 0.1) is 5.92 Å². The molecule has 1 atom stereocenters. The van der Waals surface area contributed by atoms with Crippen molar-refractivity contribution in [3.05, 3.63) is 35.9 Å². The molecule has 1 aromatic carbocycles. The molecule has 0 unspecified atom stereocenters. The molecule has 4 rings (SSSR count). The normalized spacial score (nSPS) is 28.9. The largest absolute Gasteiger partial charge is 0.344 e. The summed E-state index contributed by atoms with van der Waals surface area (Å²) in [5.74, 6) is -1.28. The van der Waals surface area contributed by atoms with Crippen LogP contribution in [0.3, 0.4) is 0 Å². The van der Waals surface area contributed by atoms with Crippen molar-refractivity contribution in [1.29, 1.82) is 0 Å². The van der Waals surface area contributed by atoms with Gasteiger partial charge in [0.2, 0.25) is 0 Å². The highest BCUT2D eigenvalue weighted by atomic mass is 16.2. The fourth-order valence-electron chi connectivity index (χ4n) is 5.04. The van der Waals surface area contributed by atoms with Gasteiger partial charge in [-0.05, 0) is 56.9 Å². The quantitative estimate of drug-likeness (QED) is 0.525. The predicted molar refractivity (Wildman–Crippen MR) is 122 cm³/mol. The average Bonchev–Trinajstić information content (AvgIpc) is 3.18. The molecule has 10 nitrogen and oxygen atoms in total. The number of amides is 7. The first kappa shape index (κ1) is 23.7. The topological polar surface area (TPSA) is 128 Å². The molecule has 3 aliphatic rings. The molecule has 3 N–H and O–H groups in total. The number of carbonyl (C=O) groups excluding carboxylic acids is 5. The Kier molecular flexibility index (Phi) is 6.33. The highest BCUT2D eigenvalue weighted by molar-refractivity contribution is 6.10. The van der Waals surface area contributed by atoms with Crippen molar-refractivity contribution < 1.29 is 24.0 Å². The number of nitrogens with zero attached hydrogens (tertiary/aromatic N) is 2. The molecule has 34 heavy (non-hydrogen) atoms. The van der Waals surface area contributed by atoms with Gasteiger partial charge in [0, 0.05) is 0 Å². The van der Waals surface area contributed by atoms with Crippen LogP contribution in [0.1, 0.15) is 57.9 Å². The Morgan fingerprint density at radius 3 is 2.35 bits per heavy atom. The van der Waals surface area contributed by atoms with Gasteiger partial charge in [0.15, 0.2) is 0 Å². The van der Waals surface area contributed by atoms with Crippen LogP contribution in [0.4, 0.5) is 9.59 Å². The third-order valence-electron chi connectivity index (χ3n) is 7.34. The molecular weight excluding hydrogens is 438 g/mol. The van der Waals surface area contributed by atoms with E-state index in [1.807, 2.05) is 30.3 Å². The summed E-state index contributed by atoms with van der Waals surface area (Å²) in [7, 11) is 0. The Hall–Kier alpha value is -3.43. The standard InChI is InChI=1S/C24H31N5O5/c1-3-16-10-13-24(14-11-16)20(32)28(21(33)26-24)15-18(30)27-29-19(31)23(2,25-22(29)34)12-9-17-7-5-4-6-8-17/h4-8,16H,3,9-15H2,1-2H3,(H,25,34)(H,26,33)(H,27,30)/t16?,23-,24?/m1/s1. The summed E-state index contributed by atoms with van der Waals surface area (Å²) in [4.78, 5) is 64.4. The maximum absolute atomic E-state index is 13.0. The number of aryl methyl sites for hydroxylation is 1. The van der Waals surface area contributed by atoms with Gasteiger partial charge in [-0.15, -0.1) is 0 Å². The second-order valence-electron chi connectivity index (χ2n) is 9.68. The number of nitrogens with one attached hydrogen (secondary N) is 3. The number of hydrogen-bond donors (Lipinski definition) is 3. The number of hydrazine groups is 1. The molecule has 1 saturated carbocycles. The minimum absolute atomic E-state index is 0.349. The Bertz CT molecular complexity index is 1000. The second kappa shape index (κ2) is 9.08. The van der Waals surface area contributed by atoms with Gasteiger partial charge in [-0.25, -0.2) is 9.59 Å². The molecule has 1 aromatic rings. The second-order valence-corrected chi connectivity index (χ2v) is 9.68. The zero-order chi connectivity index (χ0) is 24.5. The lowest BCUT2D eigenvalue weighted by atomic mass is 9.75. The minimum atomic E-state index is -1.18. The number of urea groups is 2. The first-order valence-electron chi connectivity index (χ1n) is 11.8. The molecule has 3 fully saturated rings. The van der Waals surface area contributed by atoms with Gasteiger partial charge in [0.05, 0.1) is 0 Å². The molecule has 2 aliphatic heterocycles. The SMILES string of the molecule is CCC1CCC2(CC1)NC(=O)N(CC(=O)NN1C(=O)N[C@](C)(CCc3ccccc3)C1=O)C2=O. The van der Waals surface area contributed by atoms with Crippen LogP contribution in [0.25, 0.3) is 0 Å². The number of rotatable bonds is 7. The zero-order valence-electron chi connectivity index (χ0n) is 19.6. The van der Waals surface area contributed by atoms with E-state index in [2.05, 4.69) is 23.0 Å². The lowest BCUT2D eigenvalue weighted by molar-refractivity contribution is -0.141. The Balaban J connectivity index is 1.35. The van der Waals surface area contributed by atoms with E-state index in [0.29, 0.717) is 36.6 Å². The van der Waals surface area contributed by atoms with Gasteiger partial charge in [0.25, 0.3) is 17.7 Å². The summed E-state index contributed by atoms with van der Waals surface area (Å²) in [5.41, 5.74) is 1.15. The first-order chi connectivity index (χ1) is 16.2. The molecule has 182 valence electrons. The van der Waals surface area contributed by atoms with Crippen molar-refractivity contribution in [2.75, 3.05) is 6.54 Å². The Labute approximate surface area is 198 Å². The van der Waals surface area contributed by atoms with Crippen molar-refractivity contribution in [2.24, 2.45) is 5.92 Å². The lowest BCUT2D eigenvalue weighted by Gasteiger charge is -2.34. The van der Waals surface area contributed by atoms with E-state index >= 15 is 0 Å². The summed E-state index contributed by atoms with van der Waals surface area (Å²) in [6.07, 6.45) is 4.71. The molecule has 0 aromatic heterocycles. The third-order valence-corrected chi connectivity index (χ3v) is 7.34. The maximum atomic E-state index is 13.0. The number of imide groups is 2. The van der Waals surface area contributed by atoms with Gasteiger partial charge < -0.3 is 10.6 Å². The summed E-state index contributed by atoms with van der Waals surface area (Å²) in [5, 5.41) is 6.04. The predicted octanol–water partition coefficient (Wildman–Crippen LogP) is 1.85. The fraction of sp³-hybridized carbons (Fsp3) is 0.542. The third kappa shape index (κ3) is 4.36. The molecule has 2 saturated heterocycles. The molecule has 7 amide bonds. The van der Waals surface area contributed by atoms with E-state index in [-0.39, 0.29) is 0 Å². The Morgan fingerprint density at radius 1 is 1.03 bits per heavy atom. The minimum Gasteiger partial charge on any atom is -0.323 e. The smallest absolute Gasteiger partial charge is 0.323 e. The highest BCUT2D eigenvalue weighted by Crippen LogP contribution is 2.37. The first-order valence-corrected chi connectivity index (χ1v) is 11.8. The van der Waals surface area contributed by atoms with Crippen LogP contribution in [0.5, 0.6) is 0 Å². The van der Waals surface area contributed by atoms with Gasteiger partial charge in [-0.1, -0.05) is 43.7 Å². The van der Waals surface area contributed by atoms with Crippen LogP contribution in [-0.4, -0.2) is 57.3 Å². The molecule has 2 heterocycles. The number of benzene rings is 1. The summed E-state index contributed by atoms with van der Waals surface area (Å²) >= 11 is 0. The van der Waals surface area contributed by atoms with Crippen molar-refractivity contribution >= 4 is 29.8 Å². The molecule has 1 aliphatic carbocycles. The van der Waals surface area contributed by atoms with Crippen molar-refractivity contribution in [1.82, 2.24) is 26.0 Å². The van der Waals surface area contributed by atoms with Crippen molar-refractivity contribution in [3.8, 4) is 0 Å². The van der Waals surface area contributed by atoms with Crippen LogP contribution in [0.15, 0.2) is 30.3 Å². The van der Waals surface area contributed by atoms with Gasteiger partial charge in [0.1, 0.15) is 17.6 Å². The Morgan fingerprint density at radius 2 is 1.71 bits per heavy atom. The van der Waals surface area contributed by atoms with Crippen LogP contribution < -0.4 is 16.1 Å². The number of hydrogen-bond acceptors (Lipinski definition) is 5. The van der Waals surface area contributed by atoms with Crippen LogP contribution in [-0.2, 0) is 20.8 Å². The van der Waals surface area contributed by atoms with E-state index in [4.69, 9.17) is 0 Å². The summed E-state index contributed by atoms with van der Waals surface area (Å²) < 4.78 is 0. The molecule has 10 heteroatoms. The van der Waals surface area contributed by atoms with Gasteiger partial charge in [-0.2, -0.15) is 5.01 Å². The zero-order valence-corrected chi connectivity index (χ0v) is 19.6.